The summed E-state index contributed by atoms with van der Waals surface area (Å²) in [4.78, 5) is 31.1. The minimum atomic E-state index is -0.697. The van der Waals surface area contributed by atoms with E-state index in [1.54, 1.807) is 6.92 Å². The standard InChI is InChI=1S/C18H21N3O3/c1-11-6-8-18(9-7-11)16(22)21(17(23)20-18)10-13-4-3-5-14-15(13)19-12(2)24-14/h3-5,11H,6-10H2,1-2H3,(H,20,23). The highest BCUT2D eigenvalue weighted by Crippen LogP contribution is 2.37. The third-order valence-electron chi connectivity index (χ3n) is 5.31. The van der Waals surface area contributed by atoms with Crippen molar-refractivity contribution in [2.45, 2.75) is 51.6 Å². The molecule has 2 aromatic rings. The average Bonchev–Trinajstić information content (AvgIpc) is 3.04. The number of imide groups is 1. The van der Waals surface area contributed by atoms with Crippen molar-refractivity contribution in [3.63, 3.8) is 0 Å². The first-order valence-electron chi connectivity index (χ1n) is 8.48. The van der Waals surface area contributed by atoms with Crippen LogP contribution in [0.5, 0.6) is 0 Å². The number of oxazole rings is 1. The molecule has 2 fully saturated rings. The maximum Gasteiger partial charge on any atom is 0.325 e. The van der Waals surface area contributed by atoms with Crippen molar-refractivity contribution in [3.8, 4) is 0 Å². The van der Waals surface area contributed by atoms with Gasteiger partial charge in [0, 0.05) is 12.5 Å². The first-order valence-corrected chi connectivity index (χ1v) is 8.48. The summed E-state index contributed by atoms with van der Waals surface area (Å²) in [5.41, 5.74) is 1.53. The lowest BCUT2D eigenvalue weighted by Crippen LogP contribution is -2.49. The zero-order chi connectivity index (χ0) is 16.9. The molecule has 1 aromatic heterocycles. The summed E-state index contributed by atoms with van der Waals surface area (Å²) in [5.74, 6) is 1.09. The molecule has 6 nitrogen and oxygen atoms in total. The molecule has 24 heavy (non-hydrogen) atoms. The van der Waals surface area contributed by atoms with Gasteiger partial charge in [-0.05, 0) is 37.7 Å². The number of benzene rings is 1. The summed E-state index contributed by atoms with van der Waals surface area (Å²) in [6.45, 7) is 4.21. The molecule has 1 saturated carbocycles. The van der Waals surface area contributed by atoms with E-state index in [0.29, 0.717) is 22.9 Å². The van der Waals surface area contributed by atoms with E-state index in [9.17, 15) is 9.59 Å². The number of para-hydroxylation sites is 1. The molecular weight excluding hydrogens is 306 g/mol. The monoisotopic (exact) mass is 327 g/mol. The number of hydrogen-bond acceptors (Lipinski definition) is 4. The summed E-state index contributed by atoms with van der Waals surface area (Å²) >= 11 is 0. The minimum Gasteiger partial charge on any atom is -0.441 e. The summed E-state index contributed by atoms with van der Waals surface area (Å²) in [6, 6.07) is 5.29. The first kappa shape index (κ1) is 15.2. The molecule has 0 bridgehead atoms. The zero-order valence-corrected chi connectivity index (χ0v) is 14.0. The van der Waals surface area contributed by atoms with Crippen LogP contribution in [0.4, 0.5) is 4.79 Å². The van der Waals surface area contributed by atoms with Crippen LogP contribution in [-0.4, -0.2) is 27.4 Å². The third kappa shape index (κ3) is 2.28. The number of aromatic nitrogens is 1. The Labute approximate surface area is 140 Å². The van der Waals surface area contributed by atoms with Crippen molar-refractivity contribution in [2.24, 2.45) is 5.92 Å². The van der Waals surface area contributed by atoms with Crippen molar-refractivity contribution >= 4 is 23.0 Å². The maximum atomic E-state index is 12.9. The molecule has 126 valence electrons. The minimum absolute atomic E-state index is 0.100. The predicted molar refractivity (Wildman–Crippen MR) is 88.2 cm³/mol. The molecule has 0 unspecified atom stereocenters. The second kappa shape index (κ2) is 5.33. The van der Waals surface area contributed by atoms with Crippen LogP contribution in [0.2, 0.25) is 0 Å². The summed E-state index contributed by atoms with van der Waals surface area (Å²) in [6.07, 6.45) is 3.39. The second-order valence-electron chi connectivity index (χ2n) is 7.08. The smallest absolute Gasteiger partial charge is 0.325 e. The Morgan fingerprint density at radius 2 is 2.08 bits per heavy atom. The lowest BCUT2D eigenvalue weighted by atomic mass is 9.77. The highest BCUT2D eigenvalue weighted by molar-refractivity contribution is 6.07. The van der Waals surface area contributed by atoms with Crippen LogP contribution in [-0.2, 0) is 11.3 Å². The molecule has 4 rings (SSSR count). The maximum absolute atomic E-state index is 12.9. The fraction of sp³-hybridized carbons (Fsp3) is 0.500. The largest absolute Gasteiger partial charge is 0.441 e. The molecule has 2 aliphatic rings. The number of aryl methyl sites for hydroxylation is 1. The van der Waals surface area contributed by atoms with E-state index in [2.05, 4.69) is 17.2 Å². The molecule has 2 heterocycles. The van der Waals surface area contributed by atoms with Gasteiger partial charge in [-0.2, -0.15) is 0 Å². The van der Waals surface area contributed by atoms with Gasteiger partial charge in [0.15, 0.2) is 11.5 Å². The van der Waals surface area contributed by atoms with E-state index in [1.807, 2.05) is 18.2 Å². The van der Waals surface area contributed by atoms with Crippen LogP contribution < -0.4 is 5.32 Å². The molecular formula is C18H21N3O3. The normalized spacial score (nSPS) is 27.2. The van der Waals surface area contributed by atoms with Crippen LogP contribution in [0.1, 0.15) is 44.1 Å². The van der Waals surface area contributed by atoms with Gasteiger partial charge in [0.1, 0.15) is 11.1 Å². The van der Waals surface area contributed by atoms with Gasteiger partial charge in [0.2, 0.25) is 0 Å². The van der Waals surface area contributed by atoms with E-state index in [4.69, 9.17) is 4.42 Å². The van der Waals surface area contributed by atoms with Crippen molar-refractivity contribution in [1.82, 2.24) is 15.2 Å². The van der Waals surface area contributed by atoms with Gasteiger partial charge in [0.05, 0.1) is 6.54 Å². The molecule has 1 saturated heterocycles. The third-order valence-corrected chi connectivity index (χ3v) is 5.31. The van der Waals surface area contributed by atoms with Gasteiger partial charge in [-0.15, -0.1) is 0 Å². The Morgan fingerprint density at radius 3 is 2.83 bits per heavy atom. The quantitative estimate of drug-likeness (QED) is 0.860. The molecule has 0 atom stereocenters. The fourth-order valence-electron chi connectivity index (χ4n) is 3.83. The van der Waals surface area contributed by atoms with Gasteiger partial charge < -0.3 is 9.73 Å². The number of carbonyl (C=O) groups excluding carboxylic acids is 2. The van der Waals surface area contributed by atoms with E-state index in [-0.39, 0.29) is 18.5 Å². The molecule has 0 radical (unpaired) electrons. The predicted octanol–water partition coefficient (Wildman–Crippen LogP) is 3.14. The summed E-state index contributed by atoms with van der Waals surface area (Å²) < 4.78 is 5.53. The van der Waals surface area contributed by atoms with Gasteiger partial charge in [-0.3, -0.25) is 9.69 Å². The SMILES string of the molecule is Cc1nc2c(CN3C(=O)NC4(CCC(C)CC4)C3=O)cccc2o1. The number of hydrogen-bond donors (Lipinski definition) is 1. The van der Waals surface area contributed by atoms with Gasteiger partial charge in [0.25, 0.3) is 5.91 Å². The van der Waals surface area contributed by atoms with Crippen molar-refractivity contribution < 1.29 is 14.0 Å². The van der Waals surface area contributed by atoms with Gasteiger partial charge >= 0.3 is 6.03 Å². The Hall–Kier alpha value is -2.37. The van der Waals surface area contributed by atoms with Crippen molar-refractivity contribution in [3.05, 3.63) is 29.7 Å². The second-order valence-corrected chi connectivity index (χ2v) is 7.08. The van der Waals surface area contributed by atoms with E-state index >= 15 is 0 Å². The Kier molecular flexibility index (Phi) is 3.37. The highest BCUT2D eigenvalue weighted by Gasteiger charge is 2.51. The number of fused-ring (bicyclic) bond motifs is 1. The Morgan fingerprint density at radius 1 is 1.33 bits per heavy atom. The van der Waals surface area contributed by atoms with Crippen LogP contribution >= 0.6 is 0 Å². The molecule has 1 aliphatic heterocycles. The van der Waals surface area contributed by atoms with E-state index in [0.717, 1.165) is 31.2 Å². The lowest BCUT2D eigenvalue weighted by Gasteiger charge is -2.33. The fourth-order valence-corrected chi connectivity index (χ4v) is 3.83. The molecule has 1 N–H and O–H groups in total. The van der Waals surface area contributed by atoms with Crippen molar-refractivity contribution in [2.75, 3.05) is 0 Å². The molecule has 3 amide bonds. The molecule has 6 heteroatoms. The molecule has 1 aromatic carbocycles. The Balaban J connectivity index is 1.62. The Bertz CT molecular complexity index is 818. The van der Waals surface area contributed by atoms with Crippen LogP contribution in [0.15, 0.2) is 22.6 Å². The first-order chi connectivity index (χ1) is 11.5. The average molecular weight is 327 g/mol. The lowest BCUT2D eigenvalue weighted by molar-refractivity contribution is -0.133. The zero-order valence-electron chi connectivity index (χ0n) is 14.0. The van der Waals surface area contributed by atoms with Crippen LogP contribution in [0.25, 0.3) is 11.1 Å². The van der Waals surface area contributed by atoms with Crippen molar-refractivity contribution in [1.29, 1.82) is 0 Å². The van der Waals surface area contributed by atoms with Crippen LogP contribution in [0.3, 0.4) is 0 Å². The number of carbonyl (C=O) groups is 2. The number of urea groups is 1. The van der Waals surface area contributed by atoms with E-state index < -0.39 is 5.54 Å². The highest BCUT2D eigenvalue weighted by atomic mass is 16.3. The van der Waals surface area contributed by atoms with Gasteiger partial charge in [-0.1, -0.05) is 19.1 Å². The number of nitrogens with one attached hydrogen (secondary N) is 1. The van der Waals surface area contributed by atoms with E-state index in [1.165, 1.54) is 4.90 Å². The number of nitrogens with zero attached hydrogens (tertiary/aromatic N) is 2. The number of amides is 3. The summed E-state index contributed by atoms with van der Waals surface area (Å²) in [7, 11) is 0. The molecule has 1 aliphatic carbocycles. The van der Waals surface area contributed by atoms with Crippen LogP contribution in [0, 0.1) is 12.8 Å². The number of rotatable bonds is 2. The summed E-state index contributed by atoms with van der Waals surface area (Å²) in [5, 5.41) is 2.96. The molecule has 1 spiro atoms. The topological polar surface area (TPSA) is 75.4 Å². The van der Waals surface area contributed by atoms with Gasteiger partial charge in [-0.25, -0.2) is 9.78 Å².